The van der Waals surface area contributed by atoms with Crippen molar-refractivity contribution in [3.63, 3.8) is 0 Å². The van der Waals surface area contributed by atoms with Crippen LogP contribution in [0.5, 0.6) is 0 Å². The summed E-state index contributed by atoms with van der Waals surface area (Å²) in [5.41, 5.74) is 7.19. The first kappa shape index (κ1) is 61.4. The molecule has 3 aliphatic heterocycles. The Morgan fingerprint density at radius 1 is 0.326 bits per heavy atom. The zero-order chi connectivity index (χ0) is 58.4. The SMILES string of the molecule is CO[C@H]1OC(C[C@H]2C[C@H]([Se]c3ccccc3)[C@@H](CO[C@@H]3O[C@H](COCc4ccccc4)[C@@H](OCc4ccccc4)[C@H](OCc4ccccc4)[C@H]3OCc3ccccc3)O2)[C@@H](OCc2ccccc2)[C@H](OCc2ccccc2)[C@H]1OCc1ccccc1. The van der Waals surface area contributed by atoms with Gasteiger partial charge in [-0.15, -0.1) is 0 Å². The summed E-state index contributed by atoms with van der Waals surface area (Å²) in [7, 11) is 1.66. The van der Waals surface area contributed by atoms with Gasteiger partial charge >= 0.3 is 449 Å². The quantitative estimate of drug-likeness (QED) is 0.0400. The van der Waals surface area contributed by atoms with Gasteiger partial charge in [0.05, 0.1) is 0 Å². The average molecular weight is 1230 g/mol. The first-order chi connectivity index (χ1) is 42.6. The zero-order valence-electron chi connectivity index (χ0n) is 48.7. The molecule has 0 spiro atoms. The predicted molar refractivity (Wildman–Crippen MR) is 330 cm³/mol. The number of hydrogen-bond donors (Lipinski definition) is 0. The molecule has 0 radical (unpaired) electrons. The van der Waals surface area contributed by atoms with Crippen LogP contribution in [0.1, 0.15) is 51.8 Å². The number of hydrogen-bond acceptors (Lipinski definition) is 12. The monoisotopic (exact) mass is 1230 g/mol. The molecule has 3 fully saturated rings. The first-order valence-corrected chi connectivity index (χ1v) is 31.8. The van der Waals surface area contributed by atoms with E-state index in [1.807, 2.05) is 127 Å². The molecule has 3 aliphatic rings. The second kappa shape index (κ2) is 32.7. The fourth-order valence-electron chi connectivity index (χ4n) is 11.4. The van der Waals surface area contributed by atoms with Gasteiger partial charge in [-0.2, -0.15) is 0 Å². The summed E-state index contributed by atoms with van der Waals surface area (Å²) in [6, 6.07) is 81.9. The molecule has 86 heavy (non-hydrogen) atoms. The predicted octanol–water partition coefficient (Wildman–Crippen LogP) is 12.2. The maximum absolute atomic E-state index is 7.33. The van der Waals surface area contributed by atoms with Gasteiger partial charge in [0.2, 0.25) is 0 Å². The Bertz CT molecular complexity index is 3120. The van der Waals surface area contributed by atoms with Crippen LogP contribution in [-0.2, 0) is 103 Å². The number of rotatable bonds is 30. The van der Waals surface area contributed by atoms with Crippen molar-refractivity contribution in [2.45, 2.75) is 138 Å². The molecule has 13 atom stereocenters. The summed E-state index contributed by atoms with van der Waals surface area (Å²) in [6.07, 6.45) is -5.98. The summed E-state index contributed by atoms with van der Waals surface area (Å²) < 4.78 is 84.8. The van der Waals surface area contributed by atoms with Crippen LogP contribution in [0.25, 0.3) is 0 Å². The Balaban J connectivity index is 0.888. The Labute approximate surface area is 513 Å². The van der Waals surface area contributed by atoms with E-state index in [1.165, 1.54) is 4.46 Å². The second-order valence-corrected chi connectivity index (χ2v) is 24.7. The molecule has 8 aromatic rings. The van der Waals surface area contributed by atoms with E-state index in [4.69, 9.17) is 56.8 Å². The fraction of sp³-hybridized carbons (Fsp3) is 0.342. The van der Waals surface area contributed by atoms with Crippen molar-refractivity contribution in [2.24, 2.45) is 0 Å². The van der Waals surface area contributed by atoms with Crippen LogP contribution in [0.3, 0.4) is 0 Å². The second-order valence-electron chi connectivity index (χ2n) is 22.0. The van der Waals surface area contributed by atoms with E-state index in [9.17, 15) is 0 Å². The van der Waals surface area contributed by atoms with E-state index in [2.05, 4.69) is 115 Å². The van der Waals surface area contributed by atoms with Gasteiger partial charge in [0, 0.05) is 0 Å². The first-order valence-electron chi connectivity index (χ1n) is 30.0. The van der Waals surface area contributed by atoms with Crippen LogP contribution in [0.2, 0.25) is 4.82 Å². The maximum atomic E-state index is 7.33. The Morgan fingerprint density at radius 3 is 1.07 bits per heavy atom. The normalized spacial score (nSPS) is 25.7. The van der Waals surface area contributed by atoms with Gasteiger partial charge in [0.25, 0.3) is 0 Å². The van der Waals surface area contributed by atoms with Gasteiger partial charge in [-0.1, -0.05) is 66.7 Å². The summed E-state index contributed by atoms with van der Waals surface area (Å²) in [6.45, 7) is 2.72. The number of ether oxygens (including phenoxy) is 12. The van der Waals surface area contributed by atoms with Crippen LogP contribution in [-0.4, -0.2) is 109 Å². The minimum Gasteiger partial charge on any atom is -0.0622 e. The van der Waals surface area contributed by atoms with E-state index in [-0.39, 0.29) is 51.8 Å². The van der Waals surface area contributed by atoms with Crippen molar-refractivity contribution in [1.82, 2.24) is 0 Å². The summed E-state index contributed by atoms with van der Waals surface area (Å²) in [5, 5.41) is 0. The van der Waals surface area contributed by atoms with E-state index >= 15 is 0 Å². The molecule has 8 aromatic carbocycles. The van der Waals surface area contributed by atoms with E-state index in [0.717, 1.165) is 45.4 Å². The van der Waals surface area contributed by atoms with Gasteiger partial charge in [-0.05, 0) is 0 Å². The van der Waals surface area contributed by atoms with Crippen LogP contribution in [0, 0.1) is 0 Å². The number of methoxy groups -OCH3 is 1. The Kier molecular flexibility index (Phi) is 23.4. The molecule has 0 aromatic heterocycles. The van der Waals surface area contributed by atoms with E-state index in [0.29, 0.717) is 46.1 Å². The molecular formula is C73H78O12Se. The molecule has 11 rings (SSSR count). The standard InChI is InChI=1S/C73H78O12Se/c1-74-72-70(80-49-58-36-20-7-21-37-58)68(78-47-56-32-16-5-17-33-56)66(76-45-54-28-12-3-13-29-54)62(84-72)42-60-43-65(86-61-40-24-9-25-41-61)63(83-60)52-82-73-71(81-50-59-38-22-8-23-39-59)69(79-48-57-34-18-6-19-35-57)67(77-46-55-30-14-4-15-31-55)64(85-73)51-75-44-53-26-10-2-11-27-53/h2-41,60,62-73H,42-52H2,1H3/t60-,62?,63+,64+,65-,66+,67+,68-,69-,70+,71+,72-,73+/m0/s1. The van der Waals surface area contributed by atoms with Gasteiger partial charge in [-0.3, -0.25) is 0 Å². The third kappa shape index (κ3) is 17.7. The average Bonchev–Trinajstić information content (AvgIpc) is 2.53. The van der Waals surface area contributed by atoms with Gasteiger partial charge in [0.1, 0.15) is 0 Å². The summed E-state index contributed by atoms with van der Waals surface area (Å²) in [4.78, 5) is 0.108. The molecule has 0 saturated carbocycles. The van der Waals surface area contributed by atoms with E-state index in [1.54, 1.807) is 7.11 Å². The molecule has 448 valence electrons. The molecule has 3 saturated heterocycles. The van der Waals surface area contributed by atoms with Crippen molar-refractivity contribution in [3.05, 3.63) is 282 Å². The molecule has 0 N–H and O–H groups in total. The van der Waals surface area contributed by atoms with Crippen molar-refractivity contribution < 1.29 is 56.8 Å². The molecule has 3 heterocycles. The van der Waals surface area contributed by atoms with Crippen molar-refractivity contribution in [3.8, 4) is 0 Å². The van der Waals surface area contributed by atoms with Crippen molar-refractivity contribution >= 4 is 19.4 Å². The van der Waals surface area contributed by atoms with Crippen molar-refractivity contribution in [2.75, 3.05) is 20.3 Å². The smallest absolute Gasteiger partial charge is 0.0622 e. The zero-order valence-corrected chi connectivity index (χ0v) is 50.4. The molecule has 0 amide bonds. The Morgan fingerprint density at radius 2 is 0.663 bits per heavy atom. The topological polar surface area (TPSA) is 111 Å². The van der Waals surface area contributed by atoms with Gasteiger partial charge in [0.15, 0.2) is 0 Å². The van der Waals surface area contributed by atoms with E-state index < -0.39 is 61.4 Å². The third-order valence-corrected chi connectivity index (χ3v) is 18.6. The Hall–Kier alpha value is -6.20. The molecule has 1 unspecified atom stereocenters. The molecule has 12 nitrogen and oxygen atoms in total. The van der Waals surface area contributed by atoms with Crippen molar-refractivity contribution in [1.29, 1.82) is 0 Å². The number of benzene rings is 8. The molecule has 0 bridgehead atoms. The summed E-state index contributed by atoms with van der Waals surface area (Å²) in [5.74, 6) is 0. The van der Waals surface area contributed by atoms with Crippen LogP contribution < -0.4 is 4.46 Å². The molecular weight excluding hydrogens is 1150 g/mol. The van der Waals surface area contributed by atoms with Crippen LogP contribution >= 0.6 is 0 Å². The van der Waals surface area contributed by atoms with Gasteiger partial charge < -0.3 is 0 Å². The molecule has 13 heteroatoms. The van der Waals surface area contributed by atoms with Gasteiger partial charge in [-0.25, -0.2) is 0 Å². The minimum absolute atomic E-state index is 0.00438. The summed E-state index contributed by atoms with van der Waals surface area (Å²) >= 11 is -0.00438. The van der Waals surface area contributed by atoms with Crippen LogP contribution in [0.4, 0.5) is 0 Å². The van der Waals surface area contributed by atoms with Crippen LogP contribution in [0.15, 0.2) is 243 Å². The third-order valence-electron chi connectivity index (χ3n) is 15.7. The fourth-order valence-corrected chi connectivity index (χ4v) is 14.0. The minimum atomic E-state index is -0.913. The molecule has 0 aliphatic carbocycles.